The van der Waals surface area contributed by atoms with Crippen LogP contribution < -0.4 is 5.73 Å². The Hall–Kier alpha value is -2.54. The molecule has 0 bridgehead atoms. The summed E-state index contributed by atoms with van der Waals surface area (Å²) in [5.41, 5.74) is 15.4. The van der Waals surface area contributed by atoms with Gasteiger partial charge >= 0.3 is 0 Å². The van der Waals surface area contributed by atoms with Crippen molar-refractivity contribution in [3.63, 3.8) is 0 Å². The molecule has 0 saturated carbocycles. The molecule has 3 aromatic rings. The average Bonchev–Trinajstić information content (AvgIpc) is 2.74. The van der Waals surface area contributed by atoms with Crippen molar-refractivity contribution in [1.29, 1.82) is 0 Å². The van der Waals surface area contributed by atoms with Gasteiger partial charge in [0.25, 0.3) is 0 Å². The van der Waals surface area contributed by atoms with Crippen LogP contribution in [-0.2, 0) is 19.3 Å². The first-order chi connectivity index (χ1) is 11.7. The van der Waals surface area contributed by atoms with Gasteiger partial charge in [0, 0.05) is 11.6 Å². The highest BCUT2D eigenvalue weighted by Crippen LogP contribution is 2.37. The normalized spacial score (nSPS) is 16.1. The molecule has 1 aliphatic carbocycles. The van der Waals surface area contributed by atoms with Crippen molar-refractivity contribution in [2.45, 2.75) is 32.1 Å². The van der Waals surface area contributed by atoms with E-state index in [0.717, 1.165) is 24.9 Å². The summed E-state index contributed by atoms with van der Waals surface area (Å²) in [5, 5.41) is 0. The molecule has 0 heterocycles. The Balaban J connectivity index is 1.82. The van der Waals surface area contributed by atoms with E-state index in [1.165, 1.54) is 33.4 Å². The Morgan fingerprint density at radius 2 is 1.54 bits per heavy atom. The van der Waals surface area contributed by atoms with Crippen molar-refractivity contribution in [2.75, 3.05) is 5.73 Å². The summed E-state index contributed by atoms with van der Waals surface area (Å²) in [6.07, 6.45) is 3.28. The summed E-state index contributed by atoms with van der Waals surface area (Å²) in [7, 11) is 0. The summed E-state index contributed by atoms with van der Waals surface area (Å²) in [6.45, 7) is 2.19. The van der Waals surface area contributed by atoms with Gasteiger partial charge in [-0.15, -0.1) is 0 Å². The maximum absolute atomic E-state index is 5.85. The second kappa shape index (κ2) is 6.16. The monoisotopic (exact) mass is 313 g/mol. The molecule has 2 N–H and O–H groups in total. The molecule has 1 atom stereocenters. The molecule has 0 aliphatic heterocycles. The zero-order valence-corrected chi connectivity index (χ0v) is 14.1. The molecular weight excluding hydrogens is 290 g/mol. The van der Waals surface area contributed by atoms with E-state index in [-0.39, 0.29) is 0 Å². The number of anilines is 1. The molecule has 0 amide bonds. The number of nitrogen functional groups attached to an aromatic ring is 1. The van der Waals surface area contributed by atoms with Crippen molar-refractivity contribution in [1.82, 2.24) is 0 Å². The van der Waals surface area contributed by atoms with Crippen molar-refractivity contribution < 1.29 is 0 Å². The summed E-state index contributed by atoms with van der Waals surface area (Å²) in [4.78, 5) is 0. The molecular formula is C23H23N. The van der Waals surface area contributed by atoms with Gasteiger partial charge in [0.15, 0.2) is 0 Å². The molecule has 120 valence electrons. The van der Waals surface area contributed by atoms with Gasteiger partial charge in [0.1, 0.15) is 0 Å². The van der Waals surface area contributed by atoms with E-state index in [1.54, 1.807) is 0 Å². The lowest BCUT2D eigenvalue weighted by atomic mass is 9.83. The standard InChI is InChI=1S/C23H23N/c1-16-6-13-22-19(14-16)10-9-18-4-2-3-5-21(18)23(22)15-17-7-11-20(24)12-8-17/h2-8,11-14,23H,9-10,15,24H2,1H3. The van der Waals surface area contributed by atoms with Gasteiger partial charge in [-0.1, -0.05) is 60.2 Å². The molecule has 1 aliphatic rings. The number of aryl methyl sites for hydroxylation is 3. The fourth-order valence-corrected chi connectivity index (χ4v) is 3.94. The molecule has 1 unspecified atom stereocenters. The molecule has 1 nitrogen and oxygen atoms in total. The topological polar surface area (TPSA) is 26.0 Å². The van der Waals surface area contributed by atoms with Gasteiger partial charge in [-0.25, -0.2) is 0 Å². The highest BCUT2D eigenvalue weighted by atomic mass is 14.5. The van der Waals surface area contributed by atoms with E-state index in [1.807, 2.05) is 12.1 Å². The first-order valence-electron chi connectivity index (χ1n) is 8.72. The van der Waals surface area contributed by atoms with Crippen LogP contribution in [0.5, 0.6) is 0 Å². The lowest BCUT2D eigenvalue weighted by molar-refractivity contribution is 0.799. The van der Waals surface area contributed by atoms with Crippen LogP contribution in [0, 0.1) is 6.92 Å². The molecule has 0 fully saturated rings. The number of hydrogen-bond donors (Lipinski definition) is 1. The number of hydrogen-bond acceptors (Lipinski definition) is 1. The van der Waals surface area contributed by atoms with Crippen LogP contribution in [0.1, 0.15) is 39.3 Å². The van der Waals surface area contributed by atoms with Crippen molar-refractivity contribution >= 4 is 5.69 Å². The van der Waals surface area contributed by atoms with Gasteiger partial charge in [-0.2, -0.15) is 0 Å². The predicted octanol–water partition coefficient (Wildman–Crippen LogP) is 5.05. The minimum absolute atomic E-state index is 0.419. The molecule has 0 spiro atoms. The minimum Gasteiger partial charge on any atom is -0.399 e. The summed E-state index contributed by atoms with van der Waals surface area (Å²) < 4.78 is 0. The Morgan fingerprint density at radius 1 is 0.833 bits per heavy atom. The first-order valence-corrected chi connectivity index (χ1v) is 8.72. The van der Waals surface area contributed by atoms with E-state index < -0.39 is 0 Å². The third kappa shape index (κ3) is 2.82. The van der Waals surface area contributed by atoms with Crippen LogP contribution in [0.15, 0.2) is 66.7 Å². The third-order valence-electron chi connectivity index (χ3n) is 5.19. The Labute approximate surface area is 144 Å². The van der Waals surface area contributed by atoms with Crippen molar-refractivity contribution in [3.8, 4) is 0 Å². The molecule has 24 heavy (non-hydrogen) atoms. The van der Waals surface area contributed by atoms with E-state index >= 15 is 0 Å². The zero-order chi connectivity index (χ0) is 16.5. The summed E-state index contributed by atoms with van der Waals surface area (Å²) in [5.74, 6) is 0.419. The molecule has 1 heteroatoms. The largest absolute Gasteiger partial charge is 0.399 e. The minimum atomic E-state index is 0.419. The second-order valence-electron chi connectivity index (χ2n) is 6.90. The molecule has 0 saturated heterocycles. The van der Waals surface area contributed by atoms with Crippen LogP contribution in [0.4, 0.5) is 5.69 Å². The molecule has 3 aromatic carbocycles. The van der Waals surface area contributed by atoms with Crippen LogP contribution in [0.3, 0.4) is 0 Å². The fraction of sp³-hybridized carbons (Fsp3) is 0.217. The fourth-order valence-electron chi connectivity index (χ4n) is 3.94. The number of rotatable bonds is 2. The summed E-state index contributed by atoms with van der Waals surface area (Å²) in [6, 6.07) is 24.3. The van der Waals surface area contributed by atoms with Gasteiger partial charge in [-0.3, -0.25) is 0 Å². The second-order valence-corrected chi connectivity index (χ2v) is 6.90. The van der Waals surface area contributed by atoms with Gasteiger partial charge in [-0.05, 0) is 66.1 Å². The van der Waals surface area contributed by atoms with Crippen molar-refractivity contribution in [2.24, 2.45) is 0 Å². The van der Waals surface area contributed by atoms with Gasteiger partial charge < -0.3 is 5.73 Å². The first kappa shape index (κ1) is 15.0. The van der Waals surface area contributed by atoms with Gasteiger partial charge in [0.05, 0.1) is 0 Å². The lowest BCUT2D eigenvalue weighted by Gasteiger charge is -2.21. The predicted molar refractivity (Wildman–Crippen MR) is 101 cm³/mol. The SMILES string of the molecule is Cc1ccc2c(c1)CCc1ccccc1C2Cc1ccc(N)cc1. The number of benzene rings is 3. The van der Waals surface area contributed by atoms with E-state index in [9.17, 15) is 0 Å². The molecule has 0 aromatic heterocycles. The van der Waals surface area contributed by atoms with Gasteiger partial charge in [0.2, 0.25) is 0 Å². The van der Waals surface area contributed by atoms with Crippen LogP contribution in [-0.4, -0.2) is 0 Å². The highest BCUT2D eigenvalue weighted by Gasteiger charge is 2.23. The highest BCUT2D eigenvalue weighted by molar-refractivity contribution is 5.48. The maximum atomic E-state index is 5.85. The third-order valence-corrected chi connectivity index (χ3v) is 5.19. The molecule has 0 radical (unpaired) electrons. The Kier molecular flexibility index (Phi) is 3.86. The number of nitrogens with two attached hydrogens (primary N) is 1. The van der Waals surface area contributed by atoms with Crippen LogP contribution in [0.25, 0.3) is 0 Å². The lowest BCUT2D eigenvalue weighted by Crippen LogP contribution is -2.07. The van der Waals surface area contributed by atoms with Crippen LogP contribution >= 0.6 is 0 Å². The Bertz CT molecular complexity index is 861. The van der Waals surface area contributed by atoms with E-state index in [0.29, 0.717) is 5.92 Å². The Morgan fingerprint density at radius 3 is 2.38 bits per heavy atom. The van der Waals surface area contributed by atoms with Crippen LogP contribution in [0.2, 0.25) is 0 Å². The maximum Gasteiger partial charge on any atom is 0.0314 e. The smallest absolute Gasteiger partial charge is 0.0314 e. The number of fused-ring (bicyclic) bond motifs is 2. The molecule has 4 rings (SSSR count). The van der Waals surface area contributed by atoms with E-state index in [4.69, 9.17) is 5.73 Å². The summed E-state index contributed by atoms with van der Waals surface area (Å²) >= 11 is 0. The van der Waals surface area contributed by atoms with Crippen molar-refractivity contribution in [3.05, 3.63) is 100 Å². The quantitative estimate of drug-likeness (QED) is 0.658. The zero-order valence-electron chi connectivity index (χ0n) is 14.1. The van der Waals surface area contributed by atoms with E-state index in [2.05, 4.69) is 61.5 Å². The average molecular weight is 313 g/mol.